The number of hydrogen-bond acceptors (Lipinski definition) is 2. The normalized spacial score (nSPS) is 30.5. The number of nitrogens with one attached hydrogen (secondary N) is 2. The van der Waals surface area contributed by atoms with Crippen LogP contribution in [0.5, 0.6) is 0 Å². The minimum Gasteiger partial charge on any atom is -0.316 e. The van der Waals surface area contributed by atoms with Crippen molar-refractivity contribution in [1.29, 1.82) is 0 Å². The van der Waals surface area contributed by atoms with Crippen molar-refractivity contribution >= 4 is 0 Å². The van der Waals surface area contributed by atoms with Gasteiger partial charge >= 0.3 is 0 Å². The molecule has 0 bridgehead atoms. The van der Waals surface area contributed by atoms with Crippen molar-refractivity contribution in [2.45, 2.75) is 25.7 Å². The molecule has 0 aromatic heterocycles. The standard InChI is InChI=1S/C9H17N2/c1-3-9(7-10-5-1)4-2-6-11-8-9/h7,10-11H,1-6,8H2. The molecule has 0 saturated carbocycles. The molecule has 2 nitrogen and oxygen atoms in total. The van der Waals surface area contributed by atoms with Crippen LogP contribution in [-0.4, -0.2) is 19.6 Å². The summed E-state index contributed by atoms with van der Waals surface area (Å²) in [5.41, 5.74) is 0.510. The molecule has 0 amide bonds. The number of piperidine rings is 2. The second-order valence-electron chi connectivity index (χ2n) is 3.84. The molecule has 2 rings (SSSR count). The minimum atomic E-state index is 0.510. The first-order valence-corrected chi connectivity index (χ1v) is 4.70. The predicted octanol–water partition coefficient (Wildman–Crippen LogP) is 0.901. The van der Waals surface area contributed by atoms with Crippen molar-refractivity contribution in [3.63, 3.8) is 0 Å². The van der Waals surface area contributed by atoms with E-state index in [1.54, 1.807) is 0 Å². The largest absolute Gasteiger partial charge is 0.316 e. The summed E-state index contributed by atoms with van der Waals surface area (Å²) in [5, 5.41) is 6.85. The molecule has 0 aromatic carbocycles. The van der Waals surface area contributed by atoms with E-state index in [0.717, 1.165) is 0 Å². The number of hydrogen-bond donors (Lipinski definition) is 2. The summed E-state index contributed by atoms with van der Waals surface area (Å²) < 4.78 is 0. The minimum absolute atomic E-state index is 0.510. The van der Waals surface area contributed by atoms with Crippen molar-refractivity contribution < 1.29 is 0 Å². The molecule has 0 aromatic rings. The monoisotopic (exact) mass is 153 g/mol. The molecule has 1 atom stereocenters. The van der Waals surface area contributed by atoms with Crippen LogP contribution in [0.15, 0.2) is 0 Å². The van der Waals surface area contributed by atoms with Crippen LogP contribution in [-0.2, 0) is 0 Å². The molecule has 2 N–H and O–H groups in total. The second kappa shape index (κ2) is 3.11. The fraction of sp³-hybridized carbons (Fsp3) is 0.889. The first kappa shape index (κ1) is 7.56. The predicted molar refractivity (Wildman–Crippen MR) is 46.1 cm³/mol. The van der Waals surface area contributed by atoms with E-state index in [1.165, 1.54) is 45.3 Å². The molecule has 2 aliphatic heterocycles. The molecular weight excluding hydrogens is 136 g/mol. The van der Waals surface area contributed by atoms with Crippen LogP contribution in [0.3, 0.4) is 0 Å². The highest BCUT2D eigenvalue weighted by Crippen LogP contribution is 2.35. The van der Waals surface area contributed by atoms with Gasteiger partial charge in [0.05, 0.1) is 0 Å². The Hall–Kier alpha value is -0.0800. The third-order valence-corrected chi connectivity index (χ3v) is 2.91. The topological polar surface area (TPSA) is 24.1 Å². The molecular formula is C9H17N2. The van der Waals surface area contributed by atoms with Crippen molar-refractivity contribution in [3.05, 3.63) is 6.54 Å². The van der Waals surface area contributed by atoms with Crippen LogP contribution < -0.4 is 10.6 Å². The van der Waals surface area contributed by atoms with Gasteiger partial charge in [-0.3, -0.25) is 0 Å². The van der Waals surface area contributed by atoms with Gasteiger partial charge in [-0.15, -0.1) is 0 Å². The van der Waals surface area contributed by atoms with E-state index in [-0.39, 0.29) is 0 Å². The lowest BCUT2D eigenvalue weighted by Gasteiger charge is -2.40. The lowest BCUT2D eigenvalue weighted by atomic mass is 9.75. The molecule has 2 fully saturated rings. The van der Waals surface area contributed by atoms with E-state index in [0.29, 0.717) is 5.41 Å². The van der Waals surface area contributed by atoms with Crippen LogP contribution in [0.25, 0.3) is 0 Å². The Kier molecular flexibility index (Phi) is 2.14. The summed E-state index contributed by atoms with van der Waals surface area (Å²) in [6.45, 7) is 5.93. The smallest absolute Gasteiger partial charge is 0.0295 e. The second-order valence-corrected chi connectivity index (χ2v) is 3.84. The van der Waals surface area contributed by atoms with Gasteiger partial charge < -0.3 is 10.6 Å². The highest BCUT2D eigenvalue weighted by molar-refractivity contribution is 4.97. The van der Waals surface area contributed by atoms with Gasteiger partial charge in [0.15, 0.2) is 0 Å². The lowest BCUT2D eigenvalue weighted by molar-refractivity contribution is 0.195. The summed E-state index contributed by atoms with van der Waals surface area (Å²) in [7, 11) is 0. The van der Waals surface area contributed by atoms with Crippen LogP contribution in [0, 0.1) is 12.0 Å². The van der Waals surface area contributed by atoms with Gasteiger partial charge in [-0.25, -0.2) is 0 Å². The van der Waals surface area contributed by atoms with Crippen LogP contribution >= 0.6 is 0 Å². The maximum absolute atomic E-state index is 3.47. The number of rotatable bonds is 0. The van der Waals surface area contributed by atoms with Crippen LogP contribution in [0.2, 0.25) is 0 Å². The SMILES string of the molecule is [CH]1NCCCC12CCCNC2. The van der Waals surface area contributed by atoms with Gasteiger partial charge in [0, 0.05) is 13.1 Å². The highest BCUT2D eigenvalue weighted by Gasteiger charge is 2.33. The van der Waals surface area contributed by atoms with Crippen LogP contribution in [0.4, 0.5) is 0 Å². The Morgan fingerprint density at radius 3 is 2.55 bits per heavy atom. The molecule has 1 unspecified atom stereocenters. The lowest BCUT2D eigenvalue weighted by Crippen LogP contribution is -2.46. The fourth-order valence-electron chi connectivity index (χ4n) is 2.23. The summed E-state index contributed by atoms with van der Waals surface area (Å²) >= 11 is 0. The van der Waals surface area contributed by atoms with E-state index in [2.05, 4.69) is 17.2 Å². The molecule has 1 radical (unpaired) electrons. The quantitative estimate of drug-likeness (QED) is 0.540. The Bertz CT molecular complexity index is 102. The third kappa shape index (κ3) is 1.57. The molecule has 2 aliphatic rings. The Balaban J connectivity index is 1.94. The molecule has 2 heterocycles. The van der Waals surface area contributed by atoms with Crippen molar-refractivity contribution in [2.24, 2.45) is 5.41 Å². The van der Waals surface area contributed by atoms with Gasteiger partial charge in [0.1, 0.15) is 0 Å². The van der Waals surface area contributed by atoms with E-state index in [4.69, 9.17) is 0 Å². The van der Waals surface area contributed by atoms with Gasteiger partial charge in [0.2, 0.25) is 0 Å². The molecule has 11 heavy (non-hydrogen) atoms. The molecule has 2 saturated heterocycles. The molecule has 1 spiro atoms. The summed E-state index contributed by atoms with van der Waals surface area (Å²) in [6.07, 6.45) is 5.45. The van der Waals surface area contributed by atoms with Crippen LogP contribution in [0.1, 0.15) is 25.7 Å². The van der Waals surface area contributed by atoms with E-state index >= 15 is 0 Å². The summed E-state index contributed by atoms with van der Waals surface area (Å²) in [4.78, 5) is 0. The molecule has 63 valence electrons. The Morgan fingerprint density at radius 2 is 1.91 bits per heavy atom. The molecule has 0 aliphatic carbocycles. The summed E-state index contributed by atoms with van der Waals surface area (Å²) in [5.74, 6) is 0. The van der Waals surface area contributed by atoms with Gasteiger partial charge in [-0.1, -0.05) is 0 Å². The highest BCUT2D eigenvalue weighted by atomic mass is 15.0. The van der Waals surface area contributed by atoms with E-state index in [9.17, 15) is 0 Å². The van der Waals surface area contributed by atoms with E-state index < -0.39 is 0 Å². The zero-order valence-electron chi connectivity index (χ0n) is 7.03. The third-order valence-electron chi connectivity index (χ3n) is 2.91. The maximum Gasteiger partial charge on any atom is 0.0295 e. The van der Waals surface area contributed by atoms with E-state index in [1.807, 2.05) is 0 Å². The van der Waals surface area contributed by atoms with Crippen molar-refractivity contribution in [3.8, 4) is 0 Å². The first-order valence-electron chi connectivity index (χ1n) is 4.70. The summed E-state index contributed by atoms with van der Waals surface area (Å²) in [6, 6.07) is 0. The average Bonchev–Trinajstić information content (AvgIpc) is 2.07. The average molecular weight is 153 g/mol. The maximum atomic E-state index is 3.47. The zero-order chi connectivity index (χ0) is 7.57. The fourth-order valence-corrected chi connectivity index (χ4v) is 2.23. The van der Waals surface area contributed by atoms with Gasteiger partial charge in [-0.2, -0.15) is 0 Å². The van der Waals surface area contributed by atoms with Gasteiger partial charge in [-0.05, 0) is 44.2 Å². The van der Waals surface area contributed by atoms with Crippen molar-refractivity contribution in [2.75, 3.05) is 19.6 Å². The first-order chi connectivity index (χ1) is 5.41. The Labute approximate surface area is 68.7 Å². The van der Waals surface area contributed by atoms with Crippen molar-refractivity contribution in [1.82, 2.24) is 10.6 Å². The molecule has 2 heteroatoms. The Morgan fingerprint density at radius 1 is 1.09 bits per heavy atom. The van der Waals surface area contributed by atoms with Gasteiger partial charge in [0.25, 0.3) is 0 Å². The zero-order valence-corrected chi connectivity index (χ0v) is 7.03.